The highest BCUT2D eigenvalue weighted by atomic mass is 28.3. The van der Waals surface area contributed by atoms with Crippen LogP contribution in [-0.2, 0) is 4.79 Å². The van der Waals surface area contributed by atoms with Gasteiger partial charge in [0.25, 0.3) is 0 Å². The Morgan fingerprint density at radius 1 is 0.848 bits per heavy atom. The number of amides is 1. The molecule has 3 nitrogen and oxygen atoms in total. The van der Waals surface area contributed by atoms with Crippen LogP contribution in [0.4, 0.5) is 0 Å². The second-order valence-electron chi connectivity index (χ2n) is 10.1. The van der Waals surface area contributed by atoms with Crippen molar-refractivity contribution in [1.29, 1.82) is 0 Å². The van der Waals surface area contributed by atoms with Crippen molar-refractivity contribution in [3.05, 3.63) is 35.9 Å². The Morgan fingerprint density at radius 2 is 1.33 bits per heavy atom. The quantitative estimate of drug-likeness (QED) is 0.236. The average molecular weight is 466 g/mol. The van der Waals surface area contributed by atoms with Crippen molar-refractivity contribution in [2.45, 2.75) is 97.9 Å². The lowest BCUT2D eigenvalue weighted by atomic mass is 10.0. The Kier molecular flexibility index (Phi) is 11.0. The average Bonchev–Trinajstić information content (AvgIpc) is 2.71. The summed E-state index contributed by atoms with van der Waals surface area (Å²) < 4.78 is 5.29. The van der Waals surface area contributed by atoms with Crippen molar-refractivity contribution in [3.8, 4) is 29.1 Å². The third kappa shape index (κ3) is 7.28. The van der Waals surface area contributed by atoms with Gasteiger partial charge in [0.15, 0.2) is 0 Å². The zero-order valence-corrected chi connectivity index (χ0v) is 23.5. The summed E-state index contributed by atoms with van der Waals surface area (Å²) in [6.07, 6.45) is 1.65. The number of carbonyl (C=O) groups is 1. The second-order valence-corrected chi connectivity index (χ2v) is 15.7. The molecule has 1 amide bonds. The summed E-state index contributed by atoms with van der Waals surface area (Å²) in [7, 11) is -0.205. The molecule has 0 aliphatic carbocycles. The molecule has 1 aromatic rings. The molecule has 0 aromatic heterocycles. The van der Waals surface area contributed by atoms with Crippen LogP contribution in [0.15, 0.2) is 30.3 Å². The van der Waals surface area contributed by atoms with E-state index in [1.807, 2.05) is 56.9 Å². The first kappa shape index (κ1) is 28.6. The lowest BCUT2D eigenvalue weighted by molar-refractivity contribution is -0.129. The Bertz CT molecular complexity index is 902. The van der Waals surface area contributed by atoms with Gasteiger partial charge in [0, 0.05) is 23.7 Å². The maximum Gasteiger partial charge on any atom is 0.248 e. The fourth-order valence-electron chi connectivity index (χ4n) is 4.94. The summed E-state index contributed by atoms with van der Waals surface area (Å²) in [4.78, 5) is 15.0. The molecule has 0 unspecified atom stereocenters. The van der Waals surface area contributed by atoms with Crippen molar-refractivity contribution in [2.75, 3.05) is 7.11 Å². The molecule has 0 bridgehead atoms. The van der Waals surface area contributed by atoms with E-state index in [0.29, 0.717) is 22.2 Å². The zero-order chi connectivity index (χ0) is 25.3. The van der Waals surface area contributed by atoms with Crippen LogP contribution in [0.5, 0.6) is 5.75 Å². The van der Waals surface area contributed by atoms with Gasteiger partial charge in [-0.25, -0.2) is 0 Å². The fraction of sp³-hybridized carbons (Fsp3) is 0.552. The van der Waals surface area contributed by atoms with Gasteiger partial charge in [0.05, 0.1) is 7.11 Å². The van der Waals surface area contributed by atoms with E-state index in [-0.39, 0.29) is 18.0 Å². The summed E-state index contributed by atoms with van der Waals surface area (Å²) in [5.74, 6) is 10.2. The van der Waals surface area contributed by atoms with Crippen LogP contribution in [0.25, 0.3) is 5.57 Å². The van der Waals surface area contributed by atoms with Gasteiger partial charge in [0.1, 0.15) is 13.8 Å². The minimum atomic E-state index is -1.85. The van der Waals surface area contributed by atoms with E-state index < -0.39 is 8.07 Å². The molecule has 0 N–H and O–H groups in total. The molecule has 0 saturated carbocycles. The number of rotatable bonds is 8. The third-order valence-electron chi connectivity index (χ3n) is 6.44. The zero-order valence-electron chi connectivity index (χ0n) is 22.5. The molecular weight excluding hydrogens is 422 g/mol. The Morgan fingerprint density at radius 3 is 1.73 bits per heavy atom. The highest BCUT2D eigenvalue weighted by molar-refractivity contribution is 6.90. The van der Waals surface area contributed by atoms with Gasteiger partial charge in [-0.1, -0.05) is 59.6 Å². The highest BCUT2D eigenvalue weighted by Gasteiger charge is 2.41. The van der Waals surface area contributed by atoms with E-state index in [1.165, 1.54) is 0 Å². The van der Waals surface area contributed by atoms with Gasteiger partial charge < -0.3 is 9.64 Å². The summed E-state index contributed by atoms with van der Waals surface area (Å²) in [5, 5.41) is 0. The summed E-state index contributed by atoms with van der Waals surface area (Å²) >= 11 is 0. The van der Waals surface area contributed by atoms with Crippen molar-refractivity contribution in [3.63, 3.8) is 0 Å². The normalized spacial score (nSPS) is 12.1. The number of ether oxygens (including phenoxy) is 1. The molecule has 0 saturated heterocycles. The number of hydrogen-bond acceptors (Lipinski definition) is 2. The third-order valence-corrected chi connectivity index (χ3v) is 12.7. The minimum Gasteiger partial charge on any atom is -0.497 e. The Hall–Kier alpha value is -2.43. The topological polar surface area (TPSA) is 29.5 Å². The van der Waals surface area contributed by atoms with Crippen molar-refractivity contribution in [2.24, 2.45) is 0 Å². The van der Waals surface area contributed by atoms with Gasteiger partial charge >= 0.3 is 0 Å². The minimum absolute atomic E-state index is 0.0386. The molecule has 0 spiro atoms. The maximum absolute atomic E-state index is 13.1. The molecule has 0 radical (unpaired) electrons. The van der Waals surface area contributed by atoms with Crippen LogP contribution in [0.3, 0.4) is 0 Å². The van der Waals surface area contributed by atoms with Crippen LogP contribution in [-0.4, -0.2) is 38.1 Å². The SMILES string of the molecule is COc1ccc(/C(C#CC#C[Si](C(C)C)(C(C)C)C(C)C)=C\C(=O)N(C(C)C)C(C)C)cc1. The number of benzene rings is 1. The van der Waals surface area contributed by atoms with Crippen LogP contribution < -0.4 is 4.74 Å². The summed E-state index contributed by atoms with van der Waals surface area (Å²) in [6.45, 7) is 21.9. The van der Waals surface area contributed by atoms with Crippen LogP contribution in [0.2, 0.25) is 16.6 Å². The highest BCUT2D eigenvalue weighted by Crippen LogP contribution is 2.40. The largest absolute Gasteiger partial charge is 0.497 e. The van der Waals surface area contributed by atoms with Gasteiger partial charge in [-0.2, -0.15) is 0 Å². The molecule has 0 fully saturated rings. The lowest BCUT2D eigenvalue weighted by Crippen LogP contribution is -2.43. The van der Waals surface area contributed by atoms with Crippen molar-refractivity contribution < 1.29 is 9.53 Å². The number of methoxy groups -OCH3 is 1. The molecule has 33 heavy (non-hydrogen) atoms. The first-order valence-electron chi connectivity index (χ1n) is 12.1. The van der Waals surface area contributed by atoms with Crippen LogP contribution in [0.1, 0.15) is 74.8 Å². The first-order chi connectivity index (χ1) is 15.4. The van der Waals surface area contributed by atoms with Crippen molar-refractivity contribution in [1.82, 2.24) is 4.90 Å². The molecule has 1 rings (SSSR count). The standard InChI is InChI=1S/C29H43NO2Si/c1-21(2)30(22(3)4)29(31)20-27(26-15-17-28(32-11)18-16-26)14-12-13-19-33(23(5)6,24(7)8)25(9)10/h15-18,20-25H,1-11H3/b27-20-. The molecule has 4 heteroatoms. The molecule has 0 heterocycles. The van der Waals surface area contributed by atoms with Gasteiger partial charge in [0.2, 0.25) is 5.91 Å². The number of nitrogens with zero attached hydrogens (tertiary/aromatic N) is 1. The molecular formula is C29H43NO2Si. The van der Waals surface area contributed by atoms with Gasteiger partial charge in [-0.3, -0.25) is 4.79 Å². The van der Waals surface area contributed by atoms with E-state index in [9.17, 15) is 4.79 Å². The molecule has 1 aromatic carbocycles. The predicted octanol–water partition coefficient (Wildman–Crippen LogP) is 6.95. The van der Waals surface area contributed by atoms with Crippen LogP contribution in [0, 0.1) is 23.3 Å². The second kappa shape index (κ2) is 12.7. The number of allylic oxidation sites excluding steroid dienone is 1. The Labute approximate surface area is 204 Å². The van der Waals surface area contributed by atoms with Crippen LogP contribution >= 0.6 is 0 Å². The smallest absolute Gasteiger partial charge is 0.248 e. The van der Waals surface area contributed by atoms with E-state index in [2.05, 4.69) is 64.8 Å². The van der Waals surface area contributed by atoms with E-state index in [1.54, 1.807) is 13.2 Å². The monoisotopic (exact) mass is 465 g/mol. The maximum atomic E-state index is 13.1. The number of hydrogen-bond donors (Lipinski definition) is 0. The molecule has 0 aliphatic rings. The molecule has 0 aliphatic heterocycles. The summed E-state index contributed by atoms with van der Waals surface area (Å²) in [5.41, 5.74) is 6.85. The van der Waals surface area contributed by atoms with E-state index >= 15 is 0 Å². The van der Waals surface area contributed by atoms with E-state index in [0.717, 1.165) is 11.3 Å². The Balaban J connectivity index is 3.52. The molecule has 0 atom stereocenters. The molecule has 180 valence electrons. The van der Waals surface area contributed by atoms with Gasteiger partial charge in [-0.05, 0) is 73.9 Å². The first-order valence-corrected chi connectivity index (χ1v) is 14.3. The van der Waals surface area contributed by atoms with Crippen molar-refractivity contribution >= 4 is 19.6 Å². The van der Waals surface area contributed by atoms with Gasteiger partial charge in [-0.15, -0.1) is 5.54 Å². The predicted molar refractivity (Wildman–Crippen MR) is 145 cm³/mol. The number of carbonyl (C=O) groups excluding carboxylic acids is 1. The summed E-state index contributed by atoms with van der Waals surface area (Å²) in [6, 6.07) is 7.85. The van der Waals surface area contributed by atoms with E-state index in [4.69, 9.17) is 4.74 Å². The lowest BCUT2D eigenvalue weighted by Gasteiger charge is -2.37. The fourth-order valence-corrected chi connectivity index (χ4v) is 10.1.